The maximum Gasteiger partial charge on any atom is 0.311 e. The third-order valence-corrected chi connectivity index (χ3v) is 3.37. The van der Waals surface area contributed by atoms with E-state index in [1.165, 1.54) is 12.1 Å². The third kappa shape index (κ3) is 3.54. The van der Waals surface area contributed by atoms with Crippen LogP contribution >= 0.6 is 0 Å². The molecular weight excluding hydrogens is 309 g/mol. The molecule has 2 aromatic rings. The van der Waals surface area contributed by atoms with Crippen molar-refractivity contribution in [2.24, 2.45) is 0 Å². The molecule has 0 radical (unpaired) electrons. The number of phenolic OH excluding ortho intramolecular Hbond substituents is 2. The van der Waals surface area contributed by atoms with Crippen LogP contribution in [-0.4, -0.2) is 26.2 Å². The fraction of sp³-hybridized carbons (Fsp3) is 0.133. The Labute approximate surface area is 129 Å². The molecule has 8 heteroatoms. The summed E-state index contributed by atoms with van der Waals surface area (Å²) >= 11 is 0. The summed E-state index contributed by atoms with van der Waals surface area (Å²) in [6, 6.07) is 6.50. The Kier molecular flexibility index (Phi) is 4.44. The zero-order valence-electron chi connectivity index (χ0n) is 11.6. The van der Waals surface area contributed by atoms with Gasteiger partial charge in [0, 0.05) is 17.7 Å². The molecule has 0 aliphatic rings. The van der Waals surface area contributed by atoms with Gasteiger partial charge in [-0.15, -0.1) is 0 Å². The van der Waals surface area contributed by atoms with Gasteiger partial charge in [0.1, 0.15) is 11.6 Å². The van der Waals surface area contributed by atoms with Crippen molar-refractivity contribution in [2.45, 2.75) is 12.3 Å². The molecule has 1 unspecified atom stereocenters. The molecular formula is C15H12FNO6. The van der Waals surface area contributed by atoms with Crippen molar-refractivity contribution in [2.75, 3.05) is 0 Å². The van der Waals surface area contributed by atoms with Crippen molar-refractivity contribution >= 4 is 11.7 Å². The number of hydrogen-bond acceptors (Lipinski definition) is 5. The summed E-state index contributed by atoms with van der Waals surface area (Å²) in [5, 5.41) is 39.3. The number of carboxylic acids is 1. The van der Waals surface area contributed by atoms with Gasteiger partial charge in [-0.05, 0) is 24.1 Å². The van der Waals surface area contributed by atoms with Gasteiger partial charge in [-0.3, -0.25) is 14.9 Å². The lowest BCUT2D eigenvalue weighted by atomic mass is 9.91. The Morgan fingerprint density at radius 2 is 1.78 bits per heavy atom. The summed E-state index contributed by atoms with van der Waals surface area (Å²) in [5.41, 5.74) is -0.360. The summed E-state index contributed by atoms with van der Waals surface area (Å²) < 4.78 is 12.9. The molecule has 120 valence electrons. The average Bonchev–Trinajstić information content (AvgIpc) is 2.47. The number of aromatic hydroxyl groups is 2. The largest absolute Gasteiger partial charge is 0.508 e. The number of phenols is 2. The van der Waals surface area contributed by atoms with Crippen LogP contribution in [0.5, 0.6) is 11.5 Å². The normalized spacial score (nSPS) is 11.9. The number of rotatable bonds is 5. The third-order valence-electron chi connectivity index (χ3n) is 3.37. The van der Waals surface area contributed by atoms with Gasteiger partial charge < -0.3 is 15.3 Å². The van der Waals surface area contributed by atoms with Gasteiger partial charge in [0.15, 0.2) is 5.75 Å². The monoisotopic (exact) mass is 321 g/mol. The van der Waals surface area contributed by atoms with E-state index in [9.17, 15) is 34.6 Å². The second kappa shape index (κ2) is 6.30. The highest BCUT2D eigenvalue weighted by atomic mass is 19.1. The first-order valence-corrected chi connectivity index (χ1v) is 6.47. The van der Waals surface area contributed by atoms with E-state index in [0.717, 1.165) is 24.3 Å². The number of nitro groups is 1. The van der Waals surface area contributed by atoms with Gasteiger partial charge in [-0.2, -0.15) is 0 Å². The Bertz CT molecular complexity index is 759. The molecule has 0 bridgehead atoms. The quantitative estimate of drug-likeness (QED) is 0.575. The highest BCUT2D eigenvalue weighted by Gasteiger charge is 2.25. The van der Waals surface area contributed by atoms with Gasteiger partial charge >= 0.3 is 11.7 Å². The van der Waals surface area contributed by atoms with E-state index in [0.29, 0.717) is 0 Å². The molecule has 0 amide bonds. The zero-order chi connectivity index (χ0) is 17.1. The van der Waals surface area contributed by atoms with E-state index in [1.807, 2.05) is 0 Å². The van der Waals surface area contributed by atoms with E-state index < -0.39 is 39.8 Å². The molecule has 3 N–H and O–H groups in total. The Balaban J connectivity index is 2.41. The minimum Gasteiger partial charge on any atom is -0.508 e. The molecule has 1 atom stereocenters. The number of carbonyl (C=O) groups is 1. The van der Waals surface area contributed by atoms with E-state index in [4.69, 9.17) is 0 Å². The van der Waals surface area contributed by atoms with Crippen molar-refractivity contribution < 1.29 is 29.4 Å². The first kappa shape index (κ1) is 16.2. The van der Waals surface area contributed by atoms with Crippen molar-refractivity contribution in [1.82, 2.24) is 0 Å². The smallest absolute Gasteiger partial charge is 0.311 e. The van der Waals surface area contributed by atoms with Crippen LogP contribution in [0.1, 0.15) is 17.0 Å². The van der Waals surface area contributed by atoms with Crippen molar-refractivity contribution in [3.8, 4) is 11.5 Å². The average molecular weight is 321 g/mol. The van der Waals surface area contributed by atoms with Gasteiger partial charge in [-0.25, -0.2) is 4.39 Å². The minimum absolute atomic E-state index is 0.00812. The first-order valence-electron chi connectivity index (χ1n) is 6.47. The number of carboxylic acid groups (broad SMARTS) is 1. The van der Waals surface area contributed by atoms with Crippen molar-refractivity contribution in [3.05, 3.63) is 63.5 Å². The van der Waals surface area contributed by atoms with Gasteiger partial charge in [-0.1, -0.05) is 12.1 Å². The molecule has 0 heterocycles. The molecule has 0 aromatic heterocycles. The van der Waals surface area contributed by atoms with Crippen LogP contribution < -0.4 is 0 Å². The molecule has 2 aromatic carbocycles. The highest BCUT2D eigenvalue weighted by Crippen LogP contribution is 2.35. The molecule has 0 aliphatic heterocycles. The topological polar surface area (TPSA) is 121 Å². The van der Waals surface area contributed by atoms with Crippen molar-refractivity contribution in [1.29, 1.82) is 0 Å². The van der Waals surface area contributed by atoms with Gasteiger partial charge in [0.25, 0.3) is 0 Å². The molecule has 0 saturated heterocycles. The van der Waals surface area contributed by atoms with Gasteiger partial charge in [0.2, 0.25) is 0 Å². The molecule has 2 rings (SSSR count). The van der Waals surface area contributed by atoms with Crippen LogP contribution in [0.25, 0.3) is 0 Å². The summed E-state index contributed by atoms with van der Waals surface area (Å²) in [5.74, 6) is -4.07. The Morgan fingerprint density at radius 1 is 1.17 bits per heavy atom. The molecule has 7 nitrogen and oxygen atoms in total. The molecule has 0 fully saturated rings. The number of nitro benzene ring substituents is 1. The molecule has 0 spiro atoms. The standard InChI is InChI=1S/C15H12FNO6/c16-10-3-1-8(2-4-10)11(15(20)21)5-9-6-12(17(22)23)14(19)7-13(9)18/h1-4,6-7,11,18-19H,5H2,(H,20,21). The maximum absolute atomic E-state index is 12.9. The molecule has 0 aliphatic carbocycles. The van der Waals surface area contributed by atoms with Crippen LogP contribution in [-0.2, 0) is 11.2 Å². The summed E-state index contributed by atoms with van der Waals surface area (Å²) in [7, 11) is 0. The molecule has 23 heavy (non-hydrogen) atoms. The van der Waals surface area contributed by atoms with E-state index in [-0.39, 0.29) is 17.5 Å². The second-order valence-corrected chi connectivity index (χ2v) is 4.87. The molecule has 0 saturated carbocycles. The number of benzene rings is 2. The summed E-state index contributed by atoms with van der Waals surface area (Å²) in [6.45, 7) is 0. The SMILES string of the molecule is O=C(O)C(Cc1cc([N+](=O)[O-])c(O)cc1O)c1ccc(F)cc1. The number of halogens is 1. The fourth-order valence-electron chi connectivity index (χ4n) is 2.18. The Morgan fingerprint density at radius 3 is 2.30 bits per heavy atom. The lowest BCUT2D eigenvalue weighted by Gasteiger charge is -2.14. The van der Waals surface area contributed by atoms with Crippen LogP contribution in [0.3, 0.4) is 0 Å². The second-order valence-electron chi connectivity index (χ2n) is 4.87. The van der Waals surface area contributed by atoms with Gasteiger partial charge in [0.05, 0.1) is 10.8 Å². The fourth-order valence-corrected chi connectivity index (χ4v) is 2.18. The minimum atomic E-state index is -1.23. The summed E-state index contributed by atoms with van der Waals surface area (Å²) in [4.78, 5) is 21.4. The van der Waals surface area contributed by atoms with Crippen LogP contribution in [0.2, 0.25) is 0 Å². The first-order chi connectivity index (χ1) is 10.8. The zero-order valence-corrected chi connectivity index (χ0v) is 11.6. The van der Waals surface area contributed by atoms with Crippen LogP contribution in [0.4, 0.5) is 10.1 Å². The predicted octanol–water partition coefficient (Wildman–Crippen LogP) is 2.56. The predicted molar refractivity (Wildman–Crippen MR) is 76.9 cm³/mol. The lowest BCUT2D eigenvalue weighted by molar-refractivity contribution is -0.385. The number of aliphatic carboxylic acids is 1. The highest BCUT2D eigenvalue weighted by molar-refractivity contribution is 5.77. The van der Waals surface area contributed by atoms with Crippen LogP contribution in [0, 0.1) is 15.9 Å². The Hall–Kier alpha value is -3.16. The van der Waals surface area contributed by atoms with E-state index in [2.05, 4.69) is 0 Å². The maximum atomic E-state index is 12.9. The lowest BCUT2D eigenvalue weighted by Crippen LogP contribution is -2.14. The van der Waals surface area contributed by atoms with E-state index in [1.54, 1.807) is 0 Å². The van der Waals surface area contributed by atoms with Crippen LogP contribution in [0.15, 0.2) is 36.4 Å². The number of hydrogen-bond donors (Lipinski definition) is 3. The van der Waals surface area contributed by atoms with Crippen molar-refractivity contribution in [3.63, 3.8) is 0 Å². The van der Waals surface area contributed by atoms with E-state index >= 15 is 0 Å². The summed E-state index contributed by atoms with van der Waals surface area (Å²) in [6.07, 6.45) is -0.256. The number of nitrogens with zero attached hydrogens (tertiary/aromatic N) is 1.